The van der Waals surface area contributed by atoms with Crippen LogP contribution in [0.2, 0.25) is 0 Å². The monoisotopic (exact) mass is 287 g/mol. The Balaban J connectivity index is 0. The van der Waals surface area contributed by atoms with Crippen molar-refractivity contribution in [3.8, 4) is 0 Å². The third kappa shape index (κ3) is 10.0. The molecule has 12 heavy (non-hydrogen) atoms. The average Bonchev–Trinajstić information content (AvgIpc) is 2.01. The van der Waals surface area contributed by atoms with E-state index in [9.17, 15) is 4.79 Å². The first-order chi connectivity index (χ1) is 5.31. The Morgan fingerprint density at radius 1 is 1.33 bits per heavy atom. The van der Waals surface area contributed by atoms with Gasteiger partial charge in [-0.25, -0.2) is 4.79 Å². The number of carbonyl (C=O) groups is 1. The van der Waals surface area contributed by atoms with Gasteiger partial charge in [-0.15, -0.1) is 24.0 Å². The highest BCUT2D eigenvalue weighted by Gasteiger charge is 1.97. The Labute approximate surface area is 91.3 Å². The molecule has 74 valence electrons. The Morgan fingerprint density at radius 3 is 2.50 bits per heavy atom. The van der Waals surface area contributed by atoms with Crippen LogP contribution in [-0.4, -0.2) is 19.2 Å². The number of rotatable bonds is 5. The van der Waals surface area contributed by atoms with E-state index in [0.29, 0.717) is 13.2 Å². The molecule has 0 spiro atoms. The number of hydrogen-bond acceptors (Lipinski definition) is 2. The van der Waals surface area contributed by atoms with E-state index < -0.39 is 0 Å². The molecule has 1 amide bonds. The number of halogens is 1. The highest BCUT2D eigenvalue weighted by atomic mass is 127. The molecular weight excluding hydrogens is 269 g/mol. The molecule has 0 aromatic rings. The number of nitrogens with one attached hydrogen (secondary N) is 1. The van der Waals surface area contributed by atoms with Gasteiger partial charge in [-0.2, -0.15) is 0 Å². The van der Waals surface area contributed by atoms with Gasteiger partial charge in [-0.1, -0.05) is 20.3 Å². The minimum Gasteiger partial charge on any atom is -0.450 e. The zero-order valence-electron chi connectivity index (χ0n) is 7.76. The van der Waals surface area contributed by atoms with Crippen molar-refractivity contribution in [3.63, 3.8) is 0 Å². The van der Waals surface area contributed by atoms with Crippen LogP contribution in [0.5, 0.6) is 0 Å². The van der Waals surface area contributed by atoms with Gasteiger partial charge in [0, 0.05) is 6.54 Å². The fourth-order valence-corrected chi connectivity index (χ4v) is 0.587. The van der Waals surface area contributed by atoms with Gasteiger partial charge in [0.05, 0.1) is 6.61 Å². The lowest BCUT2D eigenvalue weighted by atomic mass is 10.4. The third-order valence-corrected chi connectivity index (χ3v) is 1.25. The summed E-state index contributed by atoms with van der Waals surface area (Å²) in [6, 6.07) is 0. The van der Waals surface area contributed by atoms with Gasteiger partial charge in [0.1, 0.15) is 0 Å². The van der Waals surface area contributed by atoms with E-state index in [-0.39, 0.29) is 30.1 Å². The highest BCUT2D eigenvalue weighted by molar-refractivity contribution is 14.0. The first-order valence-electron chi connectivity index (χ1n) is 4.21. The van der Waals surface area contributed by atoms with Crippen molar-refractivity contribution in [3.05, 3.63) is 0 Å². The lowest BCUT2D eigenvalue weighted by Gasteiger charge is -2.03. The number of ether oxygens (including phenoxy) is 1. The van der Waals surface area contributed by atoms with Crippen LogP contribution < -0.4 is 5.32 Å². The molecule has 4 heteroatoms. The minimum atomic E-state index is -0.291. The van der Waals surface area contributed by atoms with E-state index in [1.165, 1.54) is 0 Å². The second kappa shape index (κ2) is 11.0. The molecule has 0 rings (SSSR count). The Morgan fingerprint density at radius 2 is 2.00 bits per heavy atom. The number of alkyl carbamates (subject to hydrolysis) is 1. The van der Waals surface area contributed by atoms with Crippen molar-refractivity contribution in [2.24, 2.45) is 0 Å². The summed E-state index contributed by atoms with van der Waals surface area (Å²) in [6.45, 7) is 5.30. The summed E-state index contributed by atoms with van der Waals surface area (Å²) in [5.74, 6) is 0. The van der Waals surface area contributed by atoms with E-state index in [1.807, 2.05) is 6.92 Å². The Kier molecular flexibility index (Phi) is 13.3. The topological polar surface area (TPSA) is 38.3 Å². The third-order valence-electron chi connectivity index (χ3n) is 1.25. The quantitative estimate of drug-likeness (QED) is 0.623. The van der Waals surface area contributed by atoms with Crippen LogP contribution in [0.4, 0.5) is 4.79 Å². The predicted octanol–water partition coefficient (Wildman–Crippen LogP) is 2.54. The molecule has 0 aromatic heterocycles. The maximum Gasteiger partial charge on any atom is 0.407 e. The summed E-state index contributed by atoms with van der Waals surface area (Å²) in [5, 5.41) is 2.63. The van der Waals surface area contributed by atoms with Gasteiger partial charge in [0.25, 0.3) is 0 Å². The van der Waals surface area contributed by atoms with Crippen molar-refractivity contribution in [1.82, 2.24) is 5.32 Å². The summed E-state index contributed by atoms with van der Waals surface area (Å²) in [7, 11) is 0. The van der Waals surface area contributed by atoms with Gasteiger partial charge in [0.2, 0.25) is 0 Å². The van der Waals surface area contributed by atoms with Crippen molar-refractivity contribution < 1.29 is 9.53 Å². The molecule has 3 nitrogen and oxygen atoms in total. The smallest absolute Gasteiger partial charge is 0.407 e. The summed E-state index contributed by atoms with van der Waals surface area (Å²) in [4.78, 5) is 10.7. The van der Waals surface area contributed by atoms with Gasteiger partial charge < -0.3 is 10.1 Å². The maximum absolute atomic E-state index is 10.7. The second-order valence-electron chi connectivity index (χ2n) is 2.42. The lowest BCUT2D eigenvalue weighted by Crippen LogP contribution is -2.25. The molecule has 0 heterocycles. The molecule has 0 aliphatic rings. The Bertz CT molecular complexity index is 109. The van der Waals surface area contributed by atoms with E-state index in [4.69, 9.17) is 4.74 Å². The van der Waals surface area contributed by atoms with E-state index in [2.05, 4.69) is 12.2 Å². The van der Waals surface area contributed by atoms with Crippen LogP contribution in [0.1, 0.15) is 33.1 Å². The zero-order chi connectivity index (χ0) is 8.53. The molecule has 0 saturated carbocycles. The standard InChI is InChI=1S/C8H17NO2.HI/c1-3-5-7-11-8(10)9-6-4-2;/h3-7H2,1-2H3,(H,9,10);1H. The summed E-state index contributed by atoms with van der Waals surface area (Å²) < 4.78 is 4.83. The fraction of sp³-hybridized carbons (Fsp3) is 0.875. The van der Waals surface area contributed by atoms with Crippen molar-refractivity contribution in [2.45, 2.75) is 33.1 Å². The number of amides is 1. The van der Waals surface area contributed by atoms with Crippen molar-refractivity contribution >= 4 is 30.1 Å². The van der Waals surface area contributed by atoms with Crippen molar-refractivity contribution in [2.75, 3.05) is 13.2 Å². The van der Waals surface area contributed by atoms with Crippen molar-refractivity contribution in [1.29, 1.82) is 0 Å². The fourth-order valence-electron chi connectivity index (χ4n) is 0.587. The van der Waals surface area contributed by atoms with Crippen LogP contribution >= 0.6 is 24.0 Å². The normalized spacial score (nSPS) is 8.50. The molecule has 0 aromatic carbocycles. The molecule has 1 N–H and O–H groups in total. The summed E-state index contributed by atoms with van der Waals surface area (Å²) >= 11 is 0. The number of carbonyl (C=O) groups excluding carboxylic acids is 1. The van der Waals surface area contributed by atoms with Gasteiger partial charge in [0.15, 0.2) is 0 Å². The molecule has 0 atom stereocenters. The molecule has 0 saturated heterocycles. The zero-order valence-corrected chi connectivity index (χ0v) is 10.1. The molecular formula is C8H18INO2. The molecule has 0 fully saturated rings. The molecule has 0 aliphatic carbocycles. The van der Waals surface area contributed by atoms with Crippen LogP contribution in [0.3, 0.4) is 0 Å². The first-order valence-corrected chi connectivity index (χ1v) is 4.21. The van der Waals surface area contributed by atoms with E-state index in [0.717, 1.165) is 19.3 Å². The average molecular weight is 287 g/mol. The minimum absolute atomic E-state index is 0. The maximum atomic E-state index is 10.7. The summed E-state index contributed by atoms with van der Waals surface area (Å²) in [5.41, 5.74) is 0. The second-order valence-corrected chi connectivity index (χ2v) is 2.42. The number of hydrogen-bond donors (Lipinski definition) is 1. The Hall–Kier alpha value is 0. The predicted molar refractivity (Wildman–Crippen MR) is 60.0 cm³/mol. The first kappa shape index (κ1) is 14.5. The van der Waals surface area contributed by atoms with E-state index in [1.54, 1.807) is 0 Å². The molecule has 0 radical (unpaired) electrons. The highest BCUT2D eigenvalue weighted by Crippen LogP contribution is 1.87. The van der Waals surface area contributed by atoms with Gasteiger partial charge in [-0.3, -0.25) is 0 Å². The SMILES string of the molecule is CCCCOC(=O)NCCC.I. The lowest BCUT2D eigenvalue weighted by molar-refractivity contribution is 0.144. The van der Waals surface area contributed by atoms with Crippen LogP contribution in [0.25, 0.3) is 0 Å². The number of unbranched alkanes of at least 4 members (excludes halogenated alkanes) is 1. The largest absolute Gasteiger partial charge is 0.450 e. The van der Waals surface area contributed by atoms with Crippen LogP contribution in [0.15, 0.2) is 0 Å². The van der Waals surface area contributed by atoms with E-state index >= 15 is 0 Å². The van der Waals surface area contributed by atoms with Gasteiger partial charge in [-0.05, 0) is 12.8 Å². The van der Waals surface area contributed by atoms with Gasteiger partial charge >= 0.3 is 6.09 Å². The summed E-state index contributed by atoms with van der Waals surface area (Å²) in [6.07, 6.45) is 2.66. The molecule has 0 unspecified atom stereocenters. The molecule has 0 aliphatic heterocycles. The molecule has 0 bridgehead atoms. The van der Waals surface area contributed by atoms with Crippen LogP contribution in [0, 0.1) is 0 Å². The van der Waals surface area contributed by atoms with Crippen LogP contribution in [-0.2, 0) is 4.74 Å².